The number of aliphatic imine (C=N–C) groups is 2. The van der Waals surface area contributed by atoms with E-state index in [0.717, 1.165) is 34.4 Å². The van der Waals surface area contributed by atoms with Crippen LogP contribution in [0.4, 0.5) is 0 Å². The second kappa shape index (κ2) is 35.2. The van der Waals surface area contributed by atoms with E-state index in [1.54, 1.807) is 38.1 Å². The molecule has 2 fully saturated rings. The molecule has 81 heavy (non-hydrogen) atoms. The van der Waals surface area contributed by atoms with Gasteiger partial charge in [-0.15, -0.1) is 0 Å². The SMILES string of the molecule is CCCCOc1ccc(C[C@@H]2NC(=O)[C@@H](CC(=O)O)NC(=O)CNC(=O)[C@@H](CCCN=C(N)N)NC(=O)[C@@H]3CCCN3C(=O)[C@@H]([C@@H](C)CC)NC(=O)[C@H](NC(C)=O)CSSC[C@H](C(N)=O)NC(=O)[C@@H](CCCN=C(N)N)NC2=O)cc1. The molecule has 9 atom stereocenters. The van der Waals surface area contributed by atoms with Crippen LogP contribution >= 0.6 is 21.6 Å². The van der Waals surface area contributed by atoms with E-state index >= 15 is 0 Å². The molecule has 3 rings (SSSR count). The lowest BCUT2D eigenvalue weighted by Crippen LogP contribution is -2.60. The Bertz CT molecular complexity index is 2410. The summed E-state index contributed by atoms with van der Waals surface area (Å²) in [6, 6.07) is -4.60. The first-order valence-corrected chi connectivity index (χ1v) is 29.2. The van der Waals surface area contributed by atoms with Crippen molar-refractivity contribution < 1.29 is 62.6 Å². The van der Waals surface area contributed by atoms with Crippen molar-refractivity contribution in [3.8, 4) is 5.75 Å². The van der Waals surface area contributed by atoms with Gasteiger partial charge in [-0.1, -0.05) is 67.3 Å². The molecule has 0 spiro atoms. The number of ether oxygens (including phenoxy) is 1. The van der Waals surface area contributed by atoms with Crippen molar-refractivity contribution in [1.82, 2.24) is 47.4 Å². The van der Waals surface area contributed by atoms with Crippen LogP contribution in [0.15, 0.2) is 34.3 Å². The monoisotopic (exact) mass is 1180 g/mol. The Morgan fingerprint density at radius 3 is 1.90 bits per heavy atom. The van der Waals surface area contributed by atoms with Crippen LogP contribution < -0.4 is 75.9 Å². The zero-order valence-corrected chi connectivity index (χ0v) is 47.8. The van der Waals surface area contributed by atoms with Crippen molar-refractivity contribution in [2.24, 2.45) is 44.6 Å². The average molecular weight is 1180 g/mol. The Balaban J connectivity index is 2.14. The zero-order valence-electron chi connectivity index (χ0n) is 46.1. The van der Waals surface area contributed by atoms with Crippen LogP contribution in [-0.4, -0.2) is 180 Å². The molecule has 0 bridgehead atoms. The summed E-state index contributed by atoms with van der Waals surface area (Å²) >= 11 is 0. The number of nitrogens with zero attached hydrogens (tertiary/aromatic N) is 3. The minimum absolute atomic E-state index is 0.000381. The van der Waals surface area contributed by atoms with Crippen LogP contribution in [0.3, 0.4) is 0 Å². The van der Waals surface area contributed by atoms with E-state index in [2.05, 4.69) is 52.5 Å². The fourth-order valence-electron chi connectivity index (χ4n) is 8.32. The van der Waals surface area contributed by atoms with Gasteiger partial charge in [0.05, 0.1) is 19.6 Å². The zero-order chi connectivity index (χ0) is 60.2. The van der Waals surface area contributed by atoms with E-state index in [1.807, 2.05) is 6.92 Å². The number of nitrogens with two attached hydrogens (primary N) is 5. The van der Waals surface area contributed by atoms with Crippen LogP contribution in [0.2, 0.25) is 0 Å². The Morgan fingerprint density at radius 1 is 0.741 bits per heavy atom. The van der Waals surface area contributed by atoms with Gasteiger partial charge in [-0.3, -0.25) is 62.7 Å². The van der Waals surface area contributed by atoms with E-state index in [4.69, 9.17) is 33.4 Å². The second-order valence-electron chi connectivity index (χ2n) is 19.4. The summed E-state index contributed by atoms with van der Waals surface area (Å²) < 4.78 is 5.77. The highest BCUT2D eigenvalue weighted by molar-refractivity contribution is 8.76. The number of nitrogens with one attached hydrogen (secondary N) is 8. The van der Waals surface area contributed by atoms with Crippen LogP contribution in [0.1, 0.15) is 97.5 Å². The summed E-state index contributed by atoms with van der Waals surface area (Å²) in [6.07, 6.45) is 1.40. The Kier molecular flexibility index (Phi) is 29.4. The number of aliphatic carboxylic acids is 1. The van der Waals surface area contributed by atoms with Crippen LogP contribution in [-0.2, 0) is 59.2 Å². The number of fused-ring (bicyclic) bond motifs is 1. The number of hydrogen-bond acceptors (Lipinski definition) is 16. The minimum atomic E-state index is -1.85. The number of amides is 10. The molecule has 0 saturated carbocycles. The molecule has 1 aromatic rings. The topological polar surface area (TPSA) is 472 Å². The third kappa shape index (κ3) is 24.4. The molecule has 0 radical (unpaired) electrons. The summed E-state index contributed by atoms with van der Waals surface area (Å²) in [7, 11) is 2.04. The van der Waals surface area contributed by atoms with Crippen LogP contribution in [0.5, 0.6) is 5.75 Å². The number of benzene rings is 1. The summed E-state index contributed by atoms with van der Waals surface area (Å²) in [5, 5.41) is 30.3. The summed E-state index contributed by atoms with van der Waals surface area (Å²) in [5.41, 5.74) is 28.3. The third-order valence-electron chi connectivity index (χ3n) is 12.9. The number of carbonyl (C=O) groups is 11. The number of carbonyl (C=O) groups excluding carboxylic acids is 10. The maximum absolute atomic E-state index is 14.5. The number of carboxylic acids is 1. The molecule has 29 nitrogen and oxygen atoms in total. The first kappa shape index (κ1) is 67.7. The van der Waals surface area contributed by atoms with Crippen molar-refractivity contribution >= 4 is 98.5 Å². The normalized spacial score (nSPS) is 23.8. The lowest BCUT2D eigenvalue weighted by molar-refractivity contribution is -0.143. The number of carboxylic acid groups (broad SMARTS) is 1. The maximum atomic E-state index is 14.5. The van der Waals surface area contributed by atoms with Gasteiger partial charge < -0.3 is 85.9 Å². The maximum Gasteiger partial charge on any atom is 0.305 e. The largest absolute Gasteiger partial charge is 0.494 e. The number of primary amides is 1. The molecule has 450 valence electrons. The number of unbranched alkanes of at least 4 members (excludes halogenated alkanes) is 1. The first-order chi connectivity index (χ1) is 38.4. The van der Waals surface area contributed by atoms with Gasteiger partial charge >= 0.3 is 5.97 Å². The smallest absolute Gasteiger partial charge is 0.305 e. The van der Waals surface area contributed by atoms with Gasteiger partial charge in [0.1, 0.15) is 54.1 Å². The van der Waals surface area contributed by atoms with Crippen molar-refractivity contribution in [3.63, 3.8) is 0 Å². The molecular formula is C50H80N16O13S2. The van der Waals surface area contributed by atoms with Gasteiger partial charge in [-0.2, -0.15) is 0 Å². The van der Waals surface area contributed by atoms with E-state index in [-0.39, 0.29) is 81.6 Å². The number of hydrogen-bond donors (Lipinski definition) is 14. The molecule has 0 aromatic heterocycles. The second-order valence-corrected chi connectivity index (χ2v) is 22.0. The molecule has 10 amide bonds. The Hall–Kier alpha value is -7.57. The molecule has 2 aliphatic heterocycles. The summed E-state index contributed by atoms with van der Waals surface area (Å²) in [4.78, 5) is 159. The lowest BCUT2D eigenvalue weighted by Gasteiger charge is -2.32. The highest BCUT2D eigenvalue weighted by Gasteiger charge is 2.41. The van der Waals surface area contributed by atoms with Gasteiger partial charge in [0.2, 0.25) is 59.1 Å². The summed E-state index contributed by atoms with van der Waals surface area (Å²) in [5.74, 6) is -10.9. The quantitative estimate of drug-likeness (QED) is 0.0260. The molecule has 0 unspecified atom stereocenters. The molecule has 2 aliphatic rings. The van der Waals surface area contributed by atoms with Crippen molar-refractivity contribution in [2.75, 3.05) is 44.3 Å². The standard InChI is InChI=1S/C50H80N16O13S2/c1-5-7-21-79-30-16-14-29(15-17-30)22-33-44(74)61-32(12-9-19-57-50(54)55)43(73)64-35(41(51)71)25-80-81-26-36(59-28(4)67)46(76)65-40(27(3)6-2)48(78)66-20-10-13-37(66)47(77)62-31(11-8-18-56-49(52)53)42(72)58-24-38(68)60-34(23-39(69)70)45(75)63-33/h14-17,27,31-37,40H,5-13,18-26H2,1-4H3,(H2,51,71)(H,58,72)(H,59,67)(H,60,68)(H,61,74)(H,62,77)(H,63,75)(H,64,73)(H,65,76)(H,69,70)(H4,52,53,56)(H4,54,55,57)/t27-,31+,32+,33-,34+,35+,36+,37-,40+/m0/s1. The van der Waals surface area contributed by atoms with Crippen molar-refractivity contribution in [1.29, 1.82) is 0 Å². The van der Waals surface area contributed by atoms with Crippen LogP contribution in [0, 0.1) is 5.92 Å². The molecule has 2 saturated heterocycles. The van der Waals surface area contributed by atoms with Gasteiger partial charge in [-0.05, 0) is 68.6 Å². The Morgan fingerprint density at radius 2 is 1.32 bits per heavy atom. The van der Waals surface area contributed by atoms with Gasteiger partial charge in [-0.25, -0.2) is 0 Å². The molecule has 2 heterocycles. The first-order valence-electron chi connectivity index (χ1n) is 26.7. The minimum Gasteiger partial charge on any atom is -0.494 e. The molecule has 31 heteroatoms. The highest BCUT2D eigenvalue weighted by atomic mass is 33.1. The van der Waals surface area contributed by atoms with Gasteiger partial charge in [0.25, 0.3) is 0 Å². The van der Waals surface area contributed by atoms with Gasteiger partial charge in [0, 0.05) is 44.5 Å². The van der Waals surface area contributed by atoms with Crippen molar-refractivity contribution in [3.05, 3.63) is 29.8 Å². The predicted molar refractivity (Wildman–Crippen MR) is 303 cm³/mol. The van der Waals surface area contributed by atoms with Crippen LogP contribution in [0.25, 0.3) is 0 Å². The molecule has 19 N–H and O–H groups in total. The number of rotatable bonds is 20. The van der Waals surface area contributed by atoms with E-state index < -0.39 is 132 Å². The molecule has 0 aliphatic carbocycles. The predicted octanol–water partition coefficient (Wildman–Crippen LogP) is -3.56. The number of guanidine groups is 2. The fourth-order valence-corrected chi connectivity index (χ4v) is 10.7. The van der Waals surface area contributed by atoms with E-state index in [1.165, 1.54) is 11.8 Å². The Labute approximate surface area is 477 Å². The van der Waals surface area contributed by atoms with E-state index in [9.17, 15) is 57.8 Å². The highest BCUT2D eigenvalue weighted by Crippen LogP contribution is 2.25. The summed E-state index contributed by atoms with van der Waals surface area (Å²) in [6.45, 7) is 6.45. The average Bonchev–Trinajstić information content (AvgIpc) is 3.95. The molecular weight excluding hydrogens is 1100 g/mol. The molecule has 1 aromatic carbocycles. The third-order valence-corrected chi connectivity index (χ3v) is 15.3. The fraction of sp³-hybridized carbons (Fsp3) is 0.620. The van der Waals surface area contributed by atoms with E-state index in [0.29, 0.717) is 30.8 Å². The lowest BCUT2D eigenvalue weighted by atomic mass is 9.97. The van der Waals surface area contributed by atoms with Crippen molar-refractivity contribution in [2.45, 2.75) is 147 Å². The van der Waals surface area contributed by atoms with Gasteiger partial charge in [0.15, 0.2) is 11.9 Å².